The number of carbonyl (C=O) groups is 1. The molecule has 1 aliphatic rings. The molecular weight excluding hydrogens is 219 g/mol. The lowest BCUT2D eigenvalue weighted by Crippen LogP contribution is -2.44. The quantitative estimate of drug-likeness (QED) is 0.846. The van der Waals surface area contributed by atoms with Crippen LogP contribution in [0.5, 0.6) is 0 Å². The molecule has 0 unspecified atom stereocenters. The van der Waals surface area contributed by atoms with E-state index in [4.69, 9.17) is 0 Å². The fourth-order valence-electron chi connectivity index (χ4n) is 2.18. The second kappa shape index (κ2) is 5.27. The summed E-state index contributed by atoms with van der Waals surface area (Å²) in [4.78, 5) is 13.8. The zero-order chi connectivity index (χ0) is 12.3. The van der Waals surface area contributed by atoms with Gasteiger partial charge in [-0.3, -0.25) is 4.79 Å². The lowest BCUT2D eigenvalue weighted by molar-refractivity contribution is 0.0702. The highest BCUT2D eigenvalue weighted by atomic mass is 19.1. The van der Waals surface area contributed by atoms with Crippen molar-refractivity contribution in [3.05, 3.63) is 35.6 Å². The second-order valence-corrected chi connectivity index (χ2v) is 4.33. The predicted molar refractivity (Wildman–Crippen MR) is 64.4 cm³/mol. The molecule has 1 aromatic carbocycles. The third-order valence-corrected chi connectivity index (χ3v) is 3.29. The normalized spacial score (nSPS) is 17.2. The number of nitrogens with one attached hydrogen (secondary N) is 1. The zero-order valence-corrected chi connectivity index (χ0v) is 9.95. The van der Waals surface area contributed by atoms with Gasteiger partial charge < -0.3 is 10.2 Å². The second-order valence-electron chi connectivity index (χ2n) is 4.33. The van der Waals surface area contributed by atoms with Crippen molar-refractivity contribution < 1.29 is 9.18 Å². The number of likely N-dealkylation sites (tertiary alicyclic amines) is 1. The van der Waals surface area contributed by atoms with E-state index in [9.17, 15) is 9.18 Å². The molecule has 2 rings (SSSR count). The molecular formula is C13H17FN2O. The fourth-order valence-corrected chi connectivity index (χ4v) is 2.18. The first-order valence-corrected chi connectivity index (χ1v) is 5.93. The van der Waals surface area contributed by atoms with Gasteiger partial charge in [0.2, 0.25) is 0 Å². The van der Waals surface area contributed by atoms with E-state index >= 15 is 0 Å². The molecule has 1 saturated heterocycles. The van der Waals surface area contributed by atoms with Gasteiger partial charge in [-0.15, -0.1) is 0 Å². The van der Waals surface area contributed by atoms with Crippen molar-refractivity contribution in [2.24, 2.45) is 0 Å². The molecule has 92 valence electrons. The minimum atomic E-state index is -0.437. The number of rotatable bonds is 2. The number of hydrogen-bond donors (Lipinski definition) is 1. The fraction of sp³-hybridized carbons (Fsp3) is 0.462. The summed E-state index contributed by atoms with van der Waals surface area (Å²) in [6, 6.07) is 6.63. The maximum Gasteiger partial charge on any atom is 0.256 e. The molecule has 0 radical (unpaired) electrons. The van der Waals surface area contributed by atoms with Crippen LogP contribution in [-0.2, 0) is 0 Å². The van der Waals surface area contributed by atoms with Crippen LogP contribution in [0.1, 0.15) is 23.2 Å². The molecule has 1 heterocycles. The van der Waals surface area contributed by atoms with Crippen LogP contribution in [0.25, 0.3) is 0 Å². The smallest absolute Gasteiger partial charge is 0.256 e. The summed E-state index contributed by atoms with van der Waals surface area (Å²) in [5, 5.41) is 3.20. The van der Waals surface area contributed by atoms with Crippen LogP contribution in [0.2, 0.25) is 0 Å². The molecule has 1 amide bonds. The Balaban J connectivity index is 2.04. The first-order chi connectivity index (χ1) is 8.22. The van der Waals surface area contributed by atoms with Gasteiger partial charge in [0.05, 0.1) is 5.56 Å². The van der Waals surface area contributed by atoms with Crippen LogP contribution in [0.15, 0.2) is 24.3 Å². The lowest BCUT2D eigenvalue weighted by atomic mass is 10.0. The van der Waals surface area contributed by atoms with Crippen molar-refractivity contribution in [3.8, 4) is 0 Å². The van der Waals surface area contributed by atoms with E-state index in [2.05, 4.69) is 5.32 Å². The molecule has 4 heteroatoms. The SMILES string of the molecule is CNC1CCN(C(=O)c2ccccc2F)CC1. The Kier molecular flexibility index (Phi) is 3.74. The van der Waals surface area contributed by atoms with Crippen molar-refractivity contribution in [1.29, 1.82) is 0 Å². The minimum Gasteiger partial charge on any atom is -0.338 e. The van der Waals surface area contributed by atoms with Crippen molar-refractivity contribution >= 4 is 5.91 Å². The maximum absolute atomic E-state index is 13.5. The summed E-state index contributed by atoms with van der Waals surface area (Å²) < 4.78 is 13.5. The Morgan fingerprint density at radius 2 is 2.00 bits per heavy atom. The van der Waals surface area contributed by atoms with Gasteiger partial charge >= 0.3 is 0 Å². The number of nitrogens with zero attached hydrogens (tertiary/aromatic N) is 1. The summed E-state index contributed by atoms with van der Waals surface area (Å²) in [5.74, 6) is -0.633. The first-order valence-electron chi connectivity index (χ1n) is 5.93. The predicted octanol–water partition coefficient (Wildman–Crippen LogP) is 1.65. The highest BCUT2D eigenvalue weighted by Gasteiger charge is 2.24. The highest BCUT2D eigenvalue weighted by molar-refractivity contribution is 5.94. The average molecular weight is 236 g/mol. The molecule has 0 spiro atoms. The van der Waals surface area contributed by atoms with E-state index in [0.717, 1.165) is 12.8 Å². The number of amides is 1. The van der Waals surface area contributed by atoms with Gasteiger partial charge in [-0.2, -0.15) is 0 Å². The molecule has 3 nitrogen and oxygen atoms in total. The number of carbonyl (C=O) groups excluding carboxylic acids is 1. The van der Waals surface area contributed by atoms with E-state index in [1.807, 2.05) is 7.05 Å². The van der Waals surface area contributed by atoms with Crippen molar-refractivity contribution in [1.82, 2.24) is 10.2 Å². The molecule has 0 saturated carbocycles. The Bertz CT molecular complexity index is 400. The molecule has 0 atom stereocenters. The average Bonchev–Trinajstić information content (AvgIpc) is 2.39. The van der Waals surface area contributed by atoms with Gasteiger partial charge in [0, 0.05) is 19.1 Å². The molecule has 0 bridgehead atoms. The van der Waals surface area contributed by atoms with Crippen LogP contribution in [0, 0.1) is 5.82 Å². The van der Waals surface area contributed by atoms with Crippen molar-refractivity contribution in [2.75, 3.05) is 20.1 Å². The number of halogens is 1. The van der Waals surface area contributed by atoms with E-state index in [1.54, 1.807) is 23.1 Å². The summed E-state index contributed by atoms with van der Waals surface area (Å²) in [6.45, 7) is 1.39. The van der Waals surface area contributed by atoms with E-state index in [0.29, 0.717) is 19.1 Å². The molecule has 0 aromatic heterocycles. The van der Waals surface area contributed by atoms with Crippen LogP contribution >= 0.6 is 0 Å². The Hall–Kier alpha value is -1.42. The third kappa shape index (κ3) is 2.64. The number of hydrogen-bond acceptors (Lipinski definition) is 2. The Morgan fingerprint density at radius 1 is 1.35 bits per heavy atom. The first kappa shape index (κ1) is 12.0. The number of benzene rings is 1. The zero-order valence-electron chi connectivity index (χ0n) is 9.95. The van der Waals surface area contributed by atoms with Crippen LogP contribution in [0.3, 0.4) is 0 Å². The van der Waals surface area contributed by atoms with Gasteiger partial charge in [-0.25, -0.2) is 4.39 Å². The lowest BCUT2D eigenvalue weighted by Gasteiger charge is -2.31. The van der Waals surface area contributed by atoms with Crippen molar-refractivity contribution in [2.45, 2.75) is 18.9 Å². The summed E-state index contributed by atoms with van der Waals surface area (Å²) in [6.07, 6.45) is 1.85. The van der Waals surface area contributed by atoms with Crippen molar-refractivity contribution in [3.63, 3.8) is 0 Å². The van der Waals surface area contributed by atoms with Gasteiger partial charge in [0.1, 0.15) is 5.82 Å². The summed E-state index contributed by atoms with van der Waals surface area (Å²) in [5.41, 5.74) is 0.176. The maximum atomic E-state index is 13.5. The van der Waals surface area contributed by atoms with Gasteiger partial charge in [-0.05, 0) is 32.0 Å². The van der Waals surface area contributed by atoms with Crippen LogP contribution in [0.4, 0.5) is 4.39 Å². The third-order valence-electron chi connectivity index (χ3n) is 3.29. The summed E-state index contributed by atoms with van der Waals surface area (Å²) >= 11 is 0. The molecule has 1 N–H and O–H groups in total. The van der Waals surface area contributed by atoms with Gasteiger partial charge in [0.25, 0.3) is 5.91 Å². The summed E-state index contributed by atoms with van der Waals surface area (Å²) in [7, 11) is 1.93. The highest BCUT2D eigenvalue weighted by Crippen LogP contribution is 2.15. The van der Waals surface area contributed by atoms with Crippen LogP contribution < -0.4 is 5.32 Å². The largest absolute Gasteiger partial charge is 0.338 e. The standard InChI is InChI=1S/C13H17FN2O/c1-15-10-6-8-16(9-7-10)13(17)11-4-2-3-5-12(11)14/h2-5,10,15H,6-9H2,1H3. The van der Waals surface area contributed by atoms with E-state index < -0.39 is 5.82 Å². The minimum absolute atomic E-state index is 0.176. The molecule has 1 aromatic rings. The van der Waals surface area contributed by atoms with E-state index in [-0.39, 0.29) is 11.5 Å². The van der Waals surface area contributed by atoms with Crippen LogP contribution in [-0.4, -0.2) is 37.0 Å². The molecule has 1 fully saturated rings. The van der Waals surface area contributed by atoms with E-state index in [1.165, 1.54) is 6.07 Å². The molecule has 0 aliphatic carbocycles. The van der Waals surface area contributed by atoms with Gasteiger partial charge in [0.15, 0.2) is 0 Å². The Labute approximate surface area is 101 Å². The monoisotopic (exact) mass is 236 g/mol. The topological polar surface area (TPSA) is 32.3 Å². The molecule has 1 aliphatic heterocycles. The Morgan fingerprint density at radius 3 is 2.59 bits per heavy atom. The van der Waals surface area contributed by atoms with Gasteiger partial charge in [-0.1, -0.05) is 12.1 Å². The number of piperidine rings is 1. The molecule has 17 heavy (non-hydrogen) atoms.